The van der Waals surface area contributed by atoms with Gasteiger partial charge in [-0.3, -0.25) is 4.79 Å². The minimum Gasteiger partial charge on any atom is -0.493 e. The summed E-state index contributed by atoms with van der Waals surface area (Å²) in [6.07, 6.45) is 0. The van der Waals surface area contributed by atoms with E-state index in [4.69, 9.17) is 4.74 Å². The molecule has 2 aromatic carbocycles. The van der Waals surface area contributed by atoms with E-state index in [1.165, 1.54) is 24.0 Å². The van der Waals surface area contributed by atoms with Crippen LogP contribution < -0.4 is 15.0 Å². The van der Waals surface area contributed by atoms with Crippen LogP contribution in [0.4, 0.5) is 5.69 Å². The van der Waals surface area contributed by atoms with Gasteiger partial charge in [0.25, 0.3) is 0 Å². The highest BCUT2D eigenvalue weighted by Crippen LogP contribution is 2.19. The molecule has 0 bridgehead atoms. The number of sulfonamides is 1. The van der Waals surface area contributed by atoms with Crippen molar-refractivity contribution in [3.8, 4) is 5.75 Å². The number of hydrogen-bond donors (Lipinski definition) is 2. The maximum atomic E-state index is 12.9. The Morgan fingerprint density at radius 3 is 2.38 bits per heavy atom. The quantitative estimate of drug-likeness (QED) is 0.707. The number of hydrogen-bond acceptors (Lipinski definition) is 4. The summed E-state index contributed by atoms with van der Waals surface area (Å²) in [5.41, 5.74) is 1.73. The van der Waals surface area contributed by atoms with Gasteiger partial charge in [-0.25, -0.2) is 8.42 Å². The van der Waals surface area contributed by atoms with Crippen LogP contribution in [0.3, 0.4) is 0 Å². The summed E-state index contributed by atoms with van der Waals surface area (Å²) in [5, 5.41) is 2.64. The molecular formula is C21H28N3O4S+. The summed E-state index contributed by atoms with van der Waals surface area (Å²) in [7, 11) is -3.54. The summed E-state index contributed by atoms with van der Waals surface area (Å²) in [5.74, 6) is 0.711. The largest absolute Gasteiger partial charge is 0.493 e. The van der Waals surface area contributed by atoms with E-state index in [0.717, 1.165) is 30.9 Å². The van der Waals surface area contributed by atoms with Gasteiger partial charge in [-0.15, -0.1) is 0 Å². The van der Waals surface area contributed by atoms with Gasteiger partial charge in [-0.2, -0.15) is 4.31 Å². The van der Waals surface area contributed by atoms with Crippen molar-refractivity contribution in [2.75, 3.05) is 38.1 Å². The highest BCUT2D eigenvalue weighted by Gasteiger charge is 2.30. The van der Waals surface area contributed by atoms with Gasteiger partial charge < -0.3 is 15.0 Å². The first-order chi connectivity index (χ1) is 13.9. The molecule has 3 rings (SSSR count). The molecule has 7 nitrogen and oxygen atoms in total. The number of nitrogens with one attached hydrogen (secondary N) is 2. The molecule has 2 N–H and O–H groups in total. The lowest BCUT2D eigenvalue weighted by Gasteiger charge is -2.31. The SMILES string of the molecule is CCOc1ccccc1C[NH+]1CCN(S(=O)(=O)c2ccc(NC(C)=O)cc2)CC1. The highest BCUT2D eigenvalue weighted by atomic mass is 32.2. The maximum Gasteiger partial charge on any atom is 0.243 e. The second kappa shape index (κ2) is 9.39. The van der Waals surface area contributed by atoms with Crippen LogP contribution in [0.25, 0.3) is 0 Å². The van der Waals surface area contributed by atoms with Crippen molar-refractivity contribution in [2.24, 2.45) is 0 Å². The van der Waals surface area contributed by atoms with E-state index >= 15 is 0 Å². The van der Waals surface area contributed by atoms with E-state index < -0.39 is 10.0 Å². The average Bonchev–Trinajstić information content (AvgIpc) is 2.70. The molecule has 1 aliphatic rings. The molecule has 1 heterocycles. The van der Waals surface area contributed by atoms with Crippen molar-refractivity contribution < 1.29 is 22.8 Å². The zero-order valence-corrected chi connectivity index (χ0v) is 17.7. The van der Waals surface area contributed by atoms with Crippen LogP contribution >= 0.6 is 0 Å². The van der Waals surface area contributed by atoms with E-state index in [0.29, 0.717) is 25.4 Å². The minimum absolute atomic E-state index is 0.189. The Kier molecular flexibility index (Phi) is 6.89. The van der Waals surface area contributed by atoms with Gasteiger partial charge in [0.1, 0.15) is 12.3 Å². The van der Waals surface area contributed by atoms with Crippen LogP contribution in [0.15, 0.2) is 53.4 Å². The lowest BCUT2D eigenvalue weighted by atomic mass is 10.2. The third-order valence-electron chi connectivity index (χ3n) is 4.95. The first-order valence-electron chi connectivity index (χ1n) is 9.82. The summed E-state index contributed by atoms with van der Waals surface area (Å²) < 4.78 is 33.1. The predicted octanol–water partition coefficient (Wildman–Crippen LogP) is 1.13. The summed E-state index contributed by atoms with van der Waals surface area (Å²) in [6, 6.07) is 14.3. The van der Waals surface area contributed by atoms with Gasteiger partial charge in [0.2, 0.25) is 15.9 Å². The molecule has 29 heavy (non-hydrogen) atoms. The smallest absolute Gasteiger partial charge is 0.243 e. The van der Waals surface area contributed by atoms with E-state index in [1.54, 1.807) is 16.4 Å². The van der Waals surface area contributed by atoms with Crippen molar-refractivity contribution in [1.29, 1.82) is 0 Å². The minimum atomic E-state index is -3.54. The maximum absolute atomic E-state index is 12.9. The van der Waals surface area contributed by atoms with Crippen molar-refractivity contribution >= 4 is 21.6 Å². The number of piperazine rings is 1. The average molecular weight is 419 g/mol. The topological polar surface area (TPSA) is 80.2 Å². The molecule has 156 valence electrons. The van der Waals surface area contributed by atoms with Gasteiger partial charge in [0.05, 0.1) is 37.7 Å². The lowest BCUT2D eigenvalue weighted by molar-refractivity contribution is -0.917. The van der Waals surface area contributed by atoms with Crippen LogP contribution in [-0.4, -0.2) is 51.4 Å². The standard InChI is InChI=1S/C21H27N3O4S/c1-3-28-21-7-5-4-6-18(21)16-23-12-14-24(15-13-23)29(26,27)20-10-8-19(9-11-20)22-17(2)25/h4-11H,3,12-16H2,1-2H3,(H,22,25)/p+1. The fourth-order valence-electron chi connectivity index (χ4n) is 3.50. The number of nitrogens with zero attached hydrogens (tertiary/aromatic N) is 1. The van der Waals surface area contributed by atoms with Crippen LogP contribution in [0.2, 0.25) is 0 Å². The zero-order valence-electron chi connectivity index (χ0n) is 16.8. The molecule has 1 aliphatic heterocycles. The van der Waals surface area contributed by atoms with Gasteiger partial charge >= 0.3 is 0 Å². The first kappa shape index (κ1) is 21.3. The number of carbonyl (C=O) groups is 1. The van der Waals surface area contributed by atoms with Crippen molar-refractivity contribution in [3.63, 3.8) is 0 Å². The number of amides is 1. The van der Waals surface area contributed by atoms with Crippen LogP contribution in [0, 0.1) is 0 Å². The van der Waals surface area contributed by atoms with Crippen LogP contribution in [0.5, 0.6) is 5.75 Å². The molecule has 0 unspecified atom stereocenters. The van der Waals surface area contributed by atoms with Gasteiger partial charge in [-0.05, 0) is 43.3 Å². The zero-order chi connectivity index (χ0) is 20.9. The monoisotopic (exact) mass is 418 g/mol. The van der Waals surface area contributed by atoms with Crippen molar-refractivity contribution in [3.05, 3.63) is 54.1 Å². The number of rotatable bonds is 7. The molecule has 1 fully saturated rings. The second-order valence-electron chi connectivity index (χ2n) is 7.08. The molecule has 1 saturated heterocycles. The molecule has 2 aromatic rings. The number of anilines is 1. The fraction of sp³-hybridized carbons (Fsp3) is 0.381. The molecule has 0 aliphatic carbocycles. The second-order valence-corrected chi connectivity index (χ2v) is 9.02. The normalized spacial score (nSPS) is 15.8. The van der Waals surface area contributed by atoms with Crippen LogP contribution in [-0.2, 0) is 21.4 Å². The van der Waals surface area contributed by atoms with Gasteiger partial charge in [0, 0.05) is 18.2 Å². The lowest BCUT2D eigenvalue weighted by Crippen LogP contribution is -3.13. The number of ether oxygens (including phenoxy) is 1. The van der Waals surface area contributed by atoms with Crippen molar-refractivity contribution in [1.82, 2.24) is 4.31 Å². The Morgan fingerprint density at radius 2 is 1.76 bits per heavy atom. The summed E-state index contributed by atoms with van der Waals surface area (Å²) in [6.45, 7) is 7.25. The highest BCUT2D eigenvalue weighted by molar-refractivity contribution is 7.89. The van der Waals surface area contributed by atoms with E-state index in [-0.39, 0.29) is 10.8 Å². The molecule has 0 atom stereocenters. The Bertz CT molecular complexity index is 937. The van der Waals surface area contributed by atoms with Crippen LogP contribution in [0.1, 0.15) is 19.4 Å². The van der Waals surface area contributed by atoms with Gasteiger partial charge in [-0.1, -0.05) is 12.1 Å². The third kappa shape index (κ3) is 5.35. The molecule has 1 amide bonds. The Morgan fingerprint density at radius 1 is 1.10 bits per heavy atom. The number of carbonyl (C=O) groups excluding carboxylic acids is 1. The third-order valence-corrected chi connectivity index (χ3v) is 6.87. The number of para-hydroxylation sites is 1. The molecular weight excluding hydrogens is 390 g/mol. The number of quaternary nitrogens is 1. The molecule has 8 heteroatoms. The Hall–Kier alpha value is -2.42. The molecule has 0 saturated carbocycles. The van der Waals surface area contributed by atoms with E-state index in [2.05, 4.69) is 11.4 Å². The fourth-order valence-corrected chi connectivity index (χ4v) is 4.94. The molecule has 0 spiro atoms. The molecule has 0 aromatic heterocycles. The van der Waals surface area contributed by atoms with E-state index in [9.17, 15) is 13.2 Å². The molecule has 0 radical (unpaired) electrons. The van der Waals surface area contributed by atoms with E-state index in [1.807, 2.05) is 25.1 Å². The first-order valence-corrected chi connectivity index (χ1v) is 11.3. The summed E-state index contributed by atoms with van der Waals surface area (Å²) in [4.78, 5) is 12.7. The predicted molar refractivity (Wildman–Crippen MR) is 112 cm³/mol. The van der Waals surface area contributed by atoms with Crippen molar-refractivity contribution in [2.45, 2.75) is 25.3 Å². The summed E-state index contributed by atoms with van der Waals surface area (Å²) >= 11 is 0. The Balaban J connectivity index is 1.62. The Labute approximate surface area is 172 Å². The van der Waals surface area contributed by atoms with Gasteiger partial charge in [0.15, 0.2) is 0 Å². The number of benzene rings is 2.